The number of amides is 1. The van der Waals surface area contributed by atoms with Gasteiger partial charge in [0.25, 0.3) is 5.91 Å². The Balaban J connectivity index is 1.78. The van der Waals surface area contributed by atoms with Crippen LogP contribution in [0.2, 0.25) is 5.02 Å². The summed E-state index contributed by atoms with van der Waals surface area (Å²) in [7, 11) is 5.88. The summed E-state index contributed by atoms with van der Waals surface area (Å²) in [5.74, 6) is 0.319. The number of nitrogens with zero attached hydrogens (tertiary/aromatic N) is 3. The van der Waals surface area contributed by atoms with Crippen molar-refractivity contribution in [2.45, 2.75) is 58.2 Å². The van der Waals surface area contributed by atoms with E-state index >= 15 is 0 Å². The van der Waals surface area contributed by atoms with Crippen molar-refractivity contribution in [3.05, 3.63) is 40.3 Å². The number of imidazole rings is 1. The summed E-state index contributed by atoms with van der Waals surface area (Å²) in [5.41, 5.74) is 3.33. The molecule has 0 spiro atoms. The van der Waals surface area contributed by atoms with Gasteiger partial charge in [-0.1, -0.05) is 11.6 Å². The summed E-state index contributed by atoms with van der Waals surface area (Å²) in [5, 5.41) is 3.53. The number of nitrogens with one attached hydrogen (secondary N) is 2. The van der Waals surface area contributed by atoms with Crippen molar-refractivity contribution in [1.82, 2.24) is 20.2 Å². The van der Waals surface area contributed by atoms with Gasteiger partial charge in [-0.25, -0.2) is 4.98 Å². The quantitative estimate of drug-likeness (QED) is 0.639. The summed E-state index contributed by atoms with van der Waals surface area (Å²) in [6, 6.07) is 4.85. The van der Waals surface area contributed by atoms with Crippen molar-refractivity contribution in [1.29, 1.82) is 0 Å². The highest BCUT2D eigenvalue weighted by molar-refractivity contribution is 6.31. The van der Waals surface area contributed by atoms with E-state index in [0.29, 0.717) is 35.1 Å². The first-order valence-corrected chi connectivity index (χ1v) is 11.3. The van der Waals surface area contributed by atoms with Crippen LogP contribution in [-0.4, -0.2) is 60.6 Å². The molecule has 0 bridgehead atoms. The Morgan fingerprint density at radius 1 is 1.26 bits per heavy atom. The van der Waals surface area contributed by atoms with E-state index in [1.54, 1.807) is 19.5 Å². The molecular weight excluding hydrogens is 414 g/mol. The van der Waals surface area contributed by atoms with Crippen LogP contribution in [0.5, 0.6) is 5.88 Å². The smallest absolute Gasteiger partial charge is 0.252 e. The highest BCUT2D eigenvalue weighted by Crippen LogP contribution is 2.34. The molecule has 2 N–H and O–H groups in total. The molecule has 31 heavy (non-hydrogen) atoms. The average Bonchev–Trinajstić information content (AvgIpc) is 3.22. The van der Waals surface area contributed by atoms with Crippen LogP contribution in [0.15, 0.2) is 18.5 Å². The molecule has 1 fully saturated rings. The maximum absolute atomic E-state index is 13.0. The lowest BCUT2D eigenvalue weighted by Gasteiger charge is -2.40. The number of aromatic nitrogens is 2. The molecule has 1 amide bonds. The fourth-order valence-electron chi connectivity index (χ4n) is 4.59. The fourth-order valence-corrected chi connectivity index (χ4v) is 4.80. The van der Waals surface area contributed by atoms with E-state index in [0.717, 1.165) is 36.3 Å². The maximum Gasteiger partial charge on any atom is 0.252 e. The van der Waals surface area contributed by atoms with Gasteiger partial charge >= 0.3 is 0 Å². The molecule has 0 unspecified atom stereocenters. The second kappa shape index (κ2) is 10.4. The van der Waals surface area contributed by atoms with Gasteiger partial charge in [-0.15, -0.1) is 0 Å². The topological polar surface area (TPSA) is 73.5 Å². The van der Waals surface area contributed by atoms with Crippen LogP contribution in [0.3, 0.4) is 0 Å². The molecule has 1 aliphatic carbocycles. The zero-order chi connectivity index (χ0) is 22.5. The van der Waals surface area contributed by atoms with Gasteiger partial charge in [0.2, 0.25) is 5.88 Å². The third kappa shape index (κ3) is 5.33. The molecule has 1 aliphatic rings. The number of H-pyrrole nitrogens is 1. The molecule has 7 nitrogen and oxygen atoms in total. The molecule has 3 rings (SSSR count). The van der Waals surface area contributed by atoms with Crippen LogP contribution in [-0.2, 0) is 6.54 Å². The number of aromatic amines is 1. The summed E-state index contributed by atoms with van der Waals surface area (Å²) in [6.45, 7) is 5.36. The molecule has 2 aromatic rings. The zero-order valence-corrected chi connectivity index (χ0v) is 19.9. The van der Waals surface area contributed by atoms with Crippen LogP contribution >= 0.6 is 11.6 Å². The van der Waals surface area contributed by atoms with Gasteiger partial charge < -0.3 is 24.8 Å². The molecule has 1 saturated carbocycles. The molecule has 8 heteroatoms. The standard InChI is InChI=1S/C23H34ClN5O2/c1-6-29(18-9-7-17(8-10-18)28(3)4)21-12-16(24)11-19(15(21)2)22(30)25-13-20-23(31-5)27-14-26-20/h11-12,14,17-18H,6-10,13H2,1-5H3,(H,25,30)(H,26,27)/t17-,18-. The van der Waals surface area contributed by atoms with Gasteiger partial charge in [-0.3, -0.25) is 4.79 Å². The summed E-state index contributed by atoms with van der Waals surface area (Å²) < 4.78 is 5.20. The molecule has 0 atom stereocenters. The van der Waals surface area contributed by atoms with Gasteiger partial charge in [-0.05, 0) is 71.3 Å². The Bertz CT molecular complexity index is 890. The first-order chi connectivity index (χ1) is 14.8. The minimum atomic E-state index is -0.162. The highest BCUT2D eigenvalue weighted by atomic mass is 35.5. The van der Waals surface area contributed by atoms with Gasteiger partial charge in [0.1, 0.15) is 0 Å². The Kier molecular flexibility index (Phi) is 7.84. The van der Waals surface area contributed by atoms with Gasteiger partial charge in [0, 0.05) is 34.9 Å². The second-order valence-corrected chi connectivity index (χ2v) is 8.82. The monoisotopic (exact) mass is 447 g/mol. The highest BCUT2D eigenvalue weighted by Gasteiger charge is 2.28. The third-order valence-corrected chi connectivity index (χ3v) is 6.59. The minimum absolute atomic E-state index is 0.162. The number of carbonyl (C=O) groups is 1. The molecule has 0 saturated heterocycles. The number of carbonyl (C=O) groups excluding carboxylic acids is 1. The van der Waals surface area contributed by atoms with Crippen molar-refractivity contribution in [2.24, 2.45) is 0 Å². The summed E-state index contributed by atoms with van der Waals surface area (Å²) >= 11 is 6.47. The molecule has 1 aromatic heterocycles. The van der Waals surface area contributed by atoms with Gasteiger partial charge in [0.15, 0.2) is 0 Å². The zero-order valence-electron chi connectivity index (χ0n) is 19.2. The first kappa shape index (κ1) is 23.4. The lowest BCUT2D eigenvalue weighted by molar-refractivity contribution is 0.0949. The number of hydrogen-bond acceptors (Lipinski definition) is 5. The lowest BCUT2D eigenvalue weighted by Crippen LogP contribution is -2.42. The Morgan fingerprint density at radius 2 is 1.94 bits per heavy atom. The van der Waals surface area contributed by atoms with E-state index in [4.69, 9.17) is 16.3 Å². The minimum Gasteiger partial charge on any atom is -0.480 e. The van der Waals surface area contributed by atoms with Crippen molar-refractivity contribution in [3.8, 4) is 5.88 Å². The van der Waals surface area contributed by atoms with E-state index in [9.17, 15) is 4.79 Å². The molecule has 170 valence electrons. The van der Waals surface area contributed by atoms with Crippen LogP contribution in [0.1, 0.15) is 54.2 Å². The fraction of sp³-hybridized carbons (Fsp3) is 0.565. The number of rotatable bonds is 8. The summed E-state index contributed by atoms with van der Waals surface area (Å²) in [6.07, 6.45) is 6.21. The predicted octanol–water partition coefficient (Wildman–Crippen LogP) is 4.01. The Labute approximate surface area is 190 Å². The van der Waals surface area contributed by atoms with Crippen molar-refractivity contribution in [3.63, 3.8) is 0 Å². The van der Waals surface area contributed by atoms with Gasteiger partial charge in [0.05, 0.1) is 25.7 Å². The predicted molar refractivity (Wildman–Crippen MR) is 125 cm³/mol. The number of anilines is 1. The number of ether oxygens (including phenoxy) is 1. The first-order valence-electron chi connectivity index (χ1n) is 10.9. The number of methoxy groups -OCH3 is 1. The number of hydrogen-bond donors (Lipinski definition) is 2. The Hall–Kier alpha value is -2.25. The SMILES string of the molecule is CCN(c1cc(Cl)cc(C(=O)NCc2[nH]cnc2OC)c1C)[C@H]1CC[C@H](N(C)C)CC1. The van der Waals surface area contributed by atoms with Crippen LogP contribution in [0, 0.1) is 6.92 Å². The largest absolute Gasteiger partial charge is 0.480 e. The van der Waals surface area contributed by atoms with E-state index < -0.39 is 0 Å². The van der Waals surface area contributed by atoms with E-state index in [-0.39, 0.29) is 5.91 Å². The molecule has 1 heterocycles. The molecule has 1 aromatic carbocycles. The molecule has 0 aliphatic heterocycles. The number of benzene rings is 1. The second-order valence-electron chi connectivity index (χ2n) is 8.38. The summed E-state index contributed by atoms with van der Waals surface area (Å²) in [4.78, 5) is 24.8. The van der Waals surface area contributed by atoms with E-state index in [2.05, 4.69) is 46.1 Å². The van der Waals surface area contributed by atoms with Crippen molar-refractivity contribution < 1.29 is 9.53 Å². The normalized spacial score (nSPS) is 18.8. The lowest BCUT2D eigenvalue weighted by atomic mass is 9.89. The molecule has 0 radical (unpaired) electrons. The van der Waals surface area contributed by atoms with E-state index in [1.165, 1.54) is 12.8 Å². The van der Waals surface area contributed by atoms with Gasteiger partial charge in [-0.2, -0.15) is 0 Å². The molecular formula is C23H34ClN5O2. The maximum atomic E-state index is 13.0. The van der Waals surface area contributed by atoms with Crippen molar-refractivity contribution >= 4 is 23.2 Å². The van der Waals surface area contributed by atoms with Crippen LogP contribution < -0.4 is 15.0 Å². The van der Waals surface area contributed by atoms with Crippen molar-refractivity contribution in [2.75, 3.05) is 32.6 Å². The van der Waals surface area contributed by atoms with Crippen LogP contribution in [0.4, 0.5) is 5.69 Å². The van der Waals surface area contributed by atoms with Crippen LogP contribution in [0.25, 0.3) is 0 Å². The third-order valence-electron chi connectivity index (χ3n) is 6.37. The average molecular weight is 448 g/mol. The Morgan fingerprint density at radius 3 is 2.55 bits per heavy atom. The number of halogens is 1. The van der Waals surface area contributed by atoms with E-state index in [1.807, 2.05) is 13.0 Å².